The van der Waals surface area contributed by atoms with Crippen LogP contribution in [0.1, 0.15) is 19.8 Å². The zero-order valence-electron chi connectivity index (χ0n) is 9.54. The Hall–Kier alpha value is -1.02. The second-order valence-electron chi connectivity index (χ2n) is 3.67. The lowest BCUT2D eigenvalue weighted by Gasteiger charge is -2.19. The van der Waals surface area contributed by atoms with Crippen LogP contribution in [0.2, 0.25) is 0 Å². The summed E-state index contributed by atoms with van der Waals surface area (Å²) in [5.74, 6) is -2.90. The molecule has 0 saturated heterocycles. The highest BCUT2D eigenvalue weighted by atomic mass is 19.4. The van der Waals surface area contributed by atoms with Crippen molar-refractivity contribution >= 4 is 5.84 Å². The molecule has 0 aromatic rings. The first kappa shape index (κ1) is 16.0. The molecule has 5 nitrogen and oxygen atoms in total. The maximum absolute atomic E-state index is 12.4. The Morgan fingerprint density at radius 1 is 1.47 bits per heavy atom. The van der Waals surface area contributed by atoms with Gasteiger partial charge in [0.2, 0.25) is 0 Å². The van der Waals surface area contributed by atoms with Crippen molar-refractivity contribution in [3.8, 4) is 0 Å². The van der Waals surface area contributed by atoms with E-state index in [1.54, 1.807) is 6.92 Å². The lowest BCUT2D eigenvalue weighted by molar-refractivity contribution is -0.154. The Kier molecular flexibility index (Phi) is 6.89. The summed E-state index contributed by atoms with van der Waals surface area (Å²) in [6.07, 6.45) is -4.19. The van der Waals surface area contributed by atoms with Crippen LogP contribution in [0.15, 0.2) is 5.16 Å². The monoisotopic (exact) mass is 257 g/mol. The van der Waals surface area contributed by atoms with Crippen LogP contribution in [0.25, 0.3) is 0 Å². The summed E-state index contributed by atoms with van der Waals surface area (Å²) in [5.41, 5.74) is 4.96. The van der Waals surface area contributed by atoms with Gasteiger partial charge in [-0.2, -0.15) is 13.2 Å². The van der Waals surface area contributed by atoms with Crippen molar-refractivity contribution in [3.05, 3.63) is 0 Å². The predicted molar refractivity (Wildman–Crippen MR) is 56.7 cm³/mol. The molecule has 0 radical (unpaired) electrons. The molecule has 17 heavy (non-hydrogen) atoms. The fourth-order valence-electron chi connectivity index (χ4n) is 1.18. The van der Waals surface area contributed by atoms with Gasteiger partial charge in [-0.15, -0.1) is 0 Å². The molecule has 2 atom stereocenters. The Morgan fingerprint density at radius 2 is 2.06 bits per heavy atom. The van der Waals surface area contributed by atoms with Crippen molar-refractivity contribution in [2.45, 2.75) is 32.0 Å². The van der Waals surface area contributed by atoms with Crippen LogP contribution in [-0.2, 0) is 0 Å². The molecule has 102 valence electrons. The fourth-order valence-corrected chi connectivity index (χ4v) is 1.18. The normalized spacial score (nSPS) is 16.9. The standard InChI is InChI=1S/C9H18F3N3O2/c1-2-6(16)3-4-14-5-7(8(13)15-17)9(10,11)12/h6-7,14,16-17H,2-5H2,1H3,(H2,13,15). The summed E-state index contributed by atoms with van der Waals surface area (Å²) in [6, 6.07) is 0. The number of nitrogens with zero attached hydrogens (tertiary/aromatic N) is 1. The van der Waals surface area contributed by atoms with Crippen LogP contribution < -0.4 is 11.1 Å². The molecule has 0 aliphatic carbocycles. The molecule has 0 spiro atoms. The maximum atomic E-state index is 12.4. The number of amidine groups is 1. The van der Waals surface area contributed by atoms with Gasteiger partial charge in [0.15, 0.2) is 5.84 Å². The van der Waals surface area contributed by atoms with Gasteiger partial charge >= 0.3 is 6.18 Å². The topological polar surface area (TPSA) is 90.9 Å². The molecule has 0 aliphatic rings. The van der Waals surface area contributed by atoms with Crippen LogP contribution in [0.3, 0.4) is 0 Å². The predicted octanol–water partition coefficient (Wildman–Crippen LogP) is 0.662. The second-order valence-corrected chi connectivity index (χ2v) is 3.67. The summed E-state index contributed by atoms with van der Waals surface area (Å²) >= 11 is 0. The third kappa shape index (κ3) is 6.32. The van der Waals surface area contributed by atoms with Gasteiger partial charge in [-0.1, -0.05) is 12.1 Å². The van der Waals surface area contributed by atoms with E-state index in [1.807, 2.05) is 0 Å². The minimum absolute atomic E-state index is 0.236. The van der Waals surface area contributed by atoms with E-state index in [9.17, 15) is 18.3 Å². The van der Waals surface area contributed by atoms with Crippen molar-refractivity contribution in [2.75, 3.05) is 13.1 Å². The number of nitrogens with one attached hydrogen (secondary N) is 1. The smallest absolute Gasteiger partial charge is 0.400 e. The Morgan fingerprint density at radius 3 is 2.47 bits per heavy atom. The zero-order valence-corrected chi connectivity index (χ0v) is 9.54. The van der Waals surface area contributed by atoms with Crippen molar-refractivity contribution in [2.24, 2.45) is 16.8 Å². The molecule has 0 aromatic carbocycles. The summed E-state index contributed by atoms with van der Waals surface area (Å²) in [4.78, 5) is 0. The molecule has 5 N–H and O–H groups in total. The number of nitrogens with two attached hydrogens (primary N) is 1. The van der Waals surface area contributed by atoms with Crippen molar-refractivity contribution in [1.82, 2.24) is 5.32 Å². The quantitative estimate of drug-likeness (QED) is 0.177. The number of halogens is 3. The molecule has 0 aromatic heterocycles. The van der Waals surface area contributed by atoms with Gasteiger partial charge in [0.25, 0.3) is 0 Å². The number of oxime groups is 1. The minimum atomic E-state index is -4.56. The second kappa shape index (κ2) is 7.33. The molecule has 8 heteroatoms. The number of hydrogen-bond acceptors (Lipinski definition) is 4. The summed E-state index contributed by atoms with van der Waals surface area (Å²) in [5, 5.41) is 22.3. The van der Waals surface area contributed by atoms with Gasteiger partial charge in [-0.25, -0.2) is 0 Å². The first-order valence-corrected chi connectivity index (χ1v) is 5.25. The number of aliphatic hydroxyl groups is 1. The number of rotatable bonds is 7. The Bertz CT molecular complexity index is 246. The lowest BCUT2D eigenvalue weighted by Crippen LogP contribution is -2.43. The van der Waals surface area contributed by atoms with Crippen molar-refractivity contribution in [1.29, 1.82) is 0 Å². The van der Waals surface area contributed by atoms with Crippen LogP contribution in [0.5, 0.6) is 0 Å². The van der Waals surface area contributed by atoms with Gasteiger partial charge in [-0.3, -0.25) is 0 Å². The van der Waals surface area contributed by atoms with Crippen LogP contribution in [0, 0.1) is 5.92 Å². The van der Waals surface area contributed by atoms with Crippen LogP contribution in [0.4, 0.5) is 13.2 Å². The van der Waals surface area contributed by atoms with E-state index in [1.165, 1.54) is 0 Å². The van der Waals surface area contributed by atoms with Gasteiger partial charge in [-0.05, 0) is 19.4 Å². The largest absolute Gasteiger partial charge is 0.409 e. The van der Waals surface area contributed by atoms with E-state index >= 15 is 0 Å². The van der Waals surface area contributed by atoms with E-state index in [0.29, 0.717) is 12.8 Å². The molecule has 0 amide bonds. The summed E-state index contributed by atoms with van der Waals surface area (Å²) < 4.78 is 37.3. The lowest BCUT2D eigenvalue weighted by atomic mass is 10.1. The molecule has 0 bridgehead atoms. The Balaban J connectivity index is 4.12. The SMILES string of the molecule is CCC(O)CCNCC(C(N)=NO)C(F)(F)F. The molecule has 0 fully saturated rings. The van der Waals surface area contributed by atoms with Gasteiger partial charge in [0.1, 0.15) is 5.92 Å². The average Bonchev–Trinajstić information content (AvgIpc) is 2.25. The van der Waals surface area contributed by atoms with E-state index in [4.69, 9.17) is 10.9 Å². The molecular weight excluding hydrogens is 239 g/mol. The fraction of sp³-hybridized carbons (Fsp3) is 0.889. The van der Waals surface area contributed by atoms with Crippen LogP contribution in [-0.4, -0.2) is 41.5 Å². The number of hydrogen-bond donors (Lipinski definition) is 4. The minimum Gasteiger partial charge on any atom is -0.409 e. The molecule has 0 rings (SSSR count). The van der Waals surface area contributed by atoms with Crippen LogP contribution >= 0.6 is 0 Å². The highest BCUT2D eigenvalue weighted by Crippen LogP contribution is 2.25. The number of aliphatic hydroxyl groups excluding tert-OH is 1. The van der Waals surface area contributed by atoms with E-state index in [2.05, 4.69) is 10.5 Å². The van der Waals surface area contributed by atoms with E-state index < -0.39 is 30.6 Å². The molecule has 0 saturated carbocycles. The van der Waals surface area contributed by atoms with Gasteiger partial charge in [0, 0.05) is 6.54 Å². The Labute approximate surface area is 97.5 Å². The molecule has 0 heterocycles. The third-order valence-electron chi connectivity index (χ3n) is 2.34. The van der Waals surface area contributed by atoms with Crippen molar-refractivity contribution in [3.63, 3.8) is 0 Å². The molecular formula is C9H18F3N3O2. The summed E-state index contributed by atoms with van der Waals surface area (Å²) in [7, 11) is 0. The first-order chi connectivity index (χ1) is 7.82. The molecule has 0 aliphatic heterocycles. The number of alkyl halides is 3. The highest BCUT2D eigenvalue weighted by Gasteiger charge is 2.42. The van der Waals surface area contributed by atoms with Gasteiger partial charge < -0.3 is 21.4 Å². The van der Waals surface area contributed by atoms with Crippen molar-refractivity contribution < 1.29 is 23.5 Å². The highest BCUT2D eigenvalue weighted by molar-refractivity contribution is 5.83. The zero-order chi connectivity index (χ0) is 13.5. The third-order valence-corrected chi connectivity index (χ3v) is 2.34. The average molecular weight is 257 g/mol. The van der Waals surface area contributed by atoms with E-state index in [0.717, 1.165) is 0 Å². The summed E-state index contributed by atoms with van der Waals surface area (Å²) in [6.45, 7) is 1.54. The molecule has 2 unspecified atom stereocenters. The maximum Gasteiger partial charge on any atom is 0.400 e. The first-order valence-electron chi connectivity index (χ1n) is 5.25. The van der Waals surface area contributed by atoms with Gasteiger partial charge in [0.05, 0.1) is 6.10 Å². The van der Waals surface area contributed by atoms with E-state index in [-0.39, 0.29) is 6.54 Å².